The van der Waals surface area contributed by atoms with E-state index in [1.807, 2.05) is 103 Å². The molecule has 0 aromatic heterocycles. The van der Waals surface area contributed by atoms with Crippen LogP contribution >= 0.6 is 0 Å². The van der Waals surface area contributed by atoms with Crippen LogP contribution in [0, 0.1) is 0 Å². The van der Waals surface area contributed by atoms with Gasteiger partial charge in [0, 0.05) is 25.7 Å². The molecule has 0 heterocycles. The zero-order valence-electron chi connectivity index (χ0n) is 25.7. The first-order valence-corrected chi connectivity index (χ1v) is 15.2. The topological polar surface area (TPSA) is 115 Å². The first-order valence-electron chi connectivity index (χ1n) is 15.2. The average molecular weight is 630 g/mol. The molecule has 5 aromatic rings. The maximum absolute atomic E-state index is 12.6. The Balaban J connectivity index is 1.19. The van der Waals surface area contributed by atoms with Gasteiger partial charge in [-0.2, -0.15) is 0 Å². The summed E-state index contributed by atoms with van der Waals surface area (Å²) in [4.78, 5) is 37.4. The molecule has 0 unspecified atom stereocenters. The monoisotopic (exact) mass is 629 g/mol. The van der Waals surface area contributed by atoms with E-state index in [0.717, 1.165) is 27.8 Å². The highest BCUT2D eigenvalue weighted by atomic mass is 16.6. The number of nitrogens with one attached hydrogen (secondary N) is 3. The molecule has 0 aliphatic heterocycles. The minimum Gasteiger partial charge on any atom is -0.410 e. The van der Waals surface area contributed by atoms with Crippen molar-refractivity contribution in [3.05, 3.63) is 161 Å². The summed E-state index contributed by atoms with van der Waals surface area (Å²) in [5.41, 5.74) is 4.63. The van der Waals surface area contributed by atoms with E-state index >= 15 is 0 Å². The van der Waals surface area contributed by atoms with Crippen molar-refractivity contribution in [3.63, 3.8) is 0 Å². The summed E-state index contributed by atoms with van der Waals surface area (Å²) in [6, 6.07) is 40.8. The van der Waals surface area contributed by atoms with Gasteiger partial charge in [-0.05, 0) is 64.9 Å². The fourth-order valence-electron chi connectivity index (χ4n) is 4.65. The smallest absolute Gasteiger partial charge is 0.410 e. The van der Waals surface area contributed by atoms with Crippen molar-refractivity contribution in [3.8, 4) is 17.2 Å². The van der Waals surface area contributed by atoms with Crippen LogP contribution in [0.2, 0.25) is 0 Å². The van der Waals surface area contributed by atoms with Gasteiger partial charge in [-0.25, -0.2) is 14.4 Å². The van der Waals surface area contributed by atoms with Crippen LogP contribution in [0.4, 0.5) is 14.4 Å². The number of ether oxygens (including phenoxy) is 3. The van der Waals surface area contributed by atoms with Crippen molar-refractivity contribution < 1.29 is 28.6 Å². The summed E-state index contributed by atoms with van der Waals surface area (Å²) in [5.74, 6) is 0.904. The summed E-state index contributed by atoms with van der Waals surface area (Å²) in [6.07, 6.45) is -0.610. The van der Waals surface area contributed by atoms with Gasteiger partial charge in [0.25, 0.3) is 0 Å². The van der Waals surface area contributed by atoms with Crippen LogP contribution in [0.25, 0.3) is 0 Å². The predicted octanol–water partition coefficient (Wildman–Crippen LogP) is 7.34. The maximum atomic E-state index is 12.6. The average Bonchev–Trinajstić information content (AvgIpc) is 3.10. The van der Waals surface area contributed by atoms with Gasteiger partial charge in [-0.15, -0.1) is 0 Å². The molecule has 0 bridgehead atoms. The van der Waals surface area contributed by atoms with E-state index in [4.69, 9.17) is 14.2 Å². The van der Waals surface area contributed by atoms with Gasteiger partial charge < -0.3 is 30.2 Å². The van der Waals surface area contributed by atoms with Crippen molar-refractivity contribution in [2.45, 2.75) is 32.5 Å². The van der Waals surface area contributed by atoms with Crippen molar-refractivity contribution in [1.82, 2.24) is 16.0 Å². The van der Waals surface area contributed by atoms with Gasteiger partial charge in [0.2, 0.25) is 0 Å². The number of rotatable bonds is 12. The Morgan fingerprint density at radius 1 is 0.383 bits per heavy atom. The normalized spacial score (nSPS) is 10.4. The molecule has 0 aliphatic carbocycles. The first-order chi connectivity index (χ1) is 23.0. The Hall–Kier alpha value is -6.09. The molecule has 0 radical (unpaired) electrons. The lowest BCUT2D eigenvalue weighted by Gasteiger charge is -2.12. The standard InChI is InChI=1S/C38H35N3O6/c42-36(39-25-29-10-4-1-5-11-29)45-33-20-18-28(19-21-33)16-17-32-22-34(46-37(43)40-26-30-12-6-2-7-13-30)24-35(23-32)47-38(44)41-27-31-14-8-3-9-15-31/h1-15,18-24H,16-17,25-27H2,(H,39,42)(H,40,43)(H,41,44). The SMILES string of the molecule is O=C(NCc1ccccc1)Oc1ccc(CCc2cc(OC(=O)NCc3ccccc3)cc(OC(=O)NCc3ccccc3)c2)cc1. The number of amides is 3. The zero-order valence-corrected chi connectivity index (χ0v) is 25.7. The van der Waals surface area contributed by atoms with Crippen LogP contribution < -0.4 is 30.2 Å². The Bertz CT molecular complexity index is 1670. The zero-order chi connectivity index (χ0) is 32.7. The molecule has 5 rings (SSSR count). The summed E-state index contributed by atoms with van der Waals surface area (Å²) in [7, 11) is 0. The second-order valence-electron chi connectivity index (χ2n) is 10.6. The molecule has 9 nitrogen and oxygen atoms in total. The fraction of sp³-hybridized carbons (Fsp3) is 0.132. The molecule has 238 valence electrons. The Kier molecular flexibility index (Phi) is 11.6. The minimum atomic E-state index is -0.631. The van der Waals surface area contributed by atoms with E-state index in [-0.39, 0.29) is 11.5 Å². The van der Waals surface area contributed by atoms with Crippen molar-refractivity contribution in [2.24, 2.45) is 0 Å². The van der Waals surface area contributed by atoms with Gasteiger partial charge >= 0.3 is 18.3 Å². The maximum Gasteiger partial charge on any atom is 0.412 e. The molecule has 3 N–H and O–H groups in total. The van der Waals surface area contributed by atoms with Crippen molar-refractivity contribution in [2.75, 3.05) is 0 Å². The minimum absolute atomic E-state index is 0.240. The third-order valence-corrected chi connectivity index (χ3v) is 7.04. The second kappa shape index (κ2) is 16.8. The molecular weight excluding hydrogens is 594 g/mol. The molecule has 0 spiro atoms. The molecule has 0 atom stereocenters. The highest BCUT2D eigenvalue weighted by Gasteiger charge is 2.12. The van der Waals surface area contributed by atoms with Crippen LogP contribution in [-0.2, 0) is 32.5 Å². The molecule has 0 aliphatic rings. The number of carbonyl (C=O) groups excluding carboxylic acids is 3. The predicted molar refractivity (Wildman–Crippen MR) is 178 cm³/mol. The van der Waals surface area contributed by atoms with E-state index in [1.54, 1.807) is 24.3 Å². The van der Waals surface area contributed by atoms with E-state index in [9.17, 15) is 14.4 Å². The first kappa shape index (κ1) is 32.3. The van der Waals surface area contributed by atoms with Crippen LogP contribution in [0.5, 0.6) is 17.2 Å². The quantitative estimate of drug-likeness (QED) is 0.133. The number of aryl methyl sites for hydroxylation is 2. The second-order valence-corrected chi connectivity index (χ2v) is 10.6. The molecule has 5 aromatic carbocycles. The molecule has 0 saturated carbocycles. The van der Waals surface area contributed by atoms with Gasteiger partial charge in [-0.1, -0.05) is 103 Å². The molecular formula is C38H35N3O6. The van der Waals surface area contributed by atoms with Gasteiger partial charge in [0.1, 0.15) is 17.2 Å². The summed E-state index contributed by atoms with van der Waals surface area (Å²) < 4.78 is 16.5. The van der Waals surface area contributed by atoms with Gasteiger partial charge in [0.05, 0.1) is 0 Å². The van der Waals surface area contributed by atoms with E-state index < -0.39 is 18.3 Å². The molecule has 47 heavy (non-hydrogen) atoms. The van der Waals surface area contributed by atoms with Crippen LogP contribution in [0.15, 0.2) is 133 Å². The summed E-state index contributed by atoms with van der Waals surface area (Å²) in [6.45, 7) is 0.980. The molecule has 9 heteroatoms. The lowest BCUT2D eigenvalue weighted by atomic mass is 10.0. The van der Waals surface area contributed by atoms with Crippen LogP contribution in [0.3, 0.4) is 0 Å². The van der Waals surface area contributed by atoms with Crippen LogP contribution in [0.1, 0.15) is 27.8 Å². The van der Waals surface area contributed by atoms with Gasteiger partial charge in [-0.3, -0.25) is 0 Å². The van der Waals surface area contributed by atoms with E-state index in [2.05, 4.69) is 16.0 Å². The summed E-state index contributed by atoms with van der Waals surface area (Å²) in [5, 5.41) is 8.21. The number of hydrogen-bond acceptors (Lipinski definition) is 6. The fourth-order valence-corrected chi connectivity index (χ4v) is 4.65. The summed E-state index contributed by atoms with van der Waals surface area (Å²) >= 11 is 0. The highest BCUT2D eigenvalue weighted by Crippen LogP contribution is 2.25. The Morgan fingerprint density at radius 3 is 1.15 bits per heavy atom. The van der Waals surface area contributed by atoms with Crippen molar-refractivity contribution >= 4 is 18.3 Å². The number of benzene rings is 5. The third-order valence-electron chi connectivity index (χ3n) is 7.04. The Morgan fingerprint density at radius 2 is 0.745 bits per heavy atom. The largest absolute Gasteiger partial charge is 0.412 e. The number of hydrogen-bond donors (Lipinski definition) is 3. The van der Waals surface area contributed by atoms with Crippen LogP contribution in [-0.4, -0.2) is 18.3 Å². The molecule has 0 saturated heterocycles. The van der Waals surface area contributed by atoms with Gasteiger partial charge in [0.15, 0.2) is 0 Å². The Labute approximate surface area is 273 Å². The lowest BCUT2D eigenvalue weighted by Crippen LogP contribution is -2.27. The van der Waals surface area contributed by atoms with Crippen molar-refractivity contribution in [1.29, 1.82) is 0 Å². The molecule has 0 fully saturated rings. The lowest BCUT2D eigenvalue weighted by molar-refractivity contribution is 0.197. The van der Waals surface area contributed by atoms with E-state index in [1.165, 1.54) is 6.07 Å². The number of carbonyl (C=O) groups is 3. The highest BCUT2D eigenvalue weighted by molar-refractivity contribution is 5.72. The molecule has 3 amide bonds. The van der Waals surface area contributed by atoms with E-state index in [0.29, 0.717) is 38.2 Å². The third kappa shape index (κ3) is 11.1.